The number of rotatable bonds is 4. The van der Waals surface area contributed by atoms with Crippen molar-refractivity contribution in [3.8, 4) is 11.6 Å². The molecule has 1 heterocycles. The van der Waals surface area contributed by atoms with Gasteiger partial charge in [-0.15, -0.1) is 0 Å². The number of nitro benzene ring substituents is 1. The van der Waals surface area contributed by atoms with Crippen molar-refractivity contribution >= 4 is 11.5 Å². The van der Waals surface area contributed by atoms with Crippen LogP contribution in [0.5, 0.6) is 11.6 Å². The Balaban J connectivity index is 2.52. The maximum Gasteiger partial charge on any atom is 0.311 e. The van der Waals surface area contributed by atoms with Gasteiger partial charge < -0.3 is 15.7 Å². The number of aromatic nitrogens is 1. The lowest BCUT2D eigenvalue weighted by Crippen LogP contribution is -2.15. The van der Waals surface area contributed by atoms with Gasteiger partial charge in [-0.2, -0.15) is 0 Å². The van der Waals surface area contributed by atoms with E-state index in [1.807, 2.05) is 0 Å². The molecule has 0 saturated carbocycles. The van der Waals surface area contributed by atoms with Gasteiger partial charge in [-0.1, -0.05) is 17.3 Å². The Morgan fingerprint density at radius 1 is 1.43 bits per heavy atom. The average molecular weight is 288 g/mol. The first-order chi connectivity index (χ1) is 10.0. The molecular formula is C13H12N4O4. The molecule has 3 N–H and O–H groups in total. The molecule has 8 heteroatoms. The zero-order chi connectivity index (χ0) is 15.4. The van der Waals surface area contributed by atoms with Gasteiger partial charge >= 0.3 is 5.69 Å². The zero-order valence-corrected chi connectivity index (χ0v) is 11.1. The number of hydrogen-bond acceptors (Lipinski definition) is 6. The third-order valence-corrected chi connectivity index (χ3v) is 2.74. The second-order valence-corrected chi connectivity index (χ2v) is 4.12. The fraction of sp³-hybridized carbons (Fsp3) is 0.0769. The van der Waals surface area contributed by atoms with Crippen LogP contribution >= 0.6 is 0 Å². The molecule has 0 fully saturated rings. The predicted molar refractivity (Wildman–Crippen MR) is 74.7 cm³/mol. The molecular weight excluding hydrogens is 276 g/mol. The summed E-state index contributed by atoms with van der Waals surface area (Å²) in [5.41, 5.74) is 6.15. The summed E-state index contributed by atoms with van der Waals surface area (Å²) in [6.45, 7) is 1.68. The Kier molecular flexibility index (Phi) is 3.98. The topological polar surface area (TPSA) is 124 Å². The van der Waals surface area contributed by atoms with Gasteiger partial charge in [0.15, 0.2) is 5.84 Å². The lowest BCUT2D eigenvalue weighted by Gasteiger charge is -2.10. The summed E-state index contributed by atoms with van der Waals surface area (Å²) in [6, 6.07) is 7.67. The van der Waals surface area contributed by atoms with Crippen molar-refractivity contribution in [1.82, 2.24) is 4.98 Å². The van der Waals surface area contributed by atoms with Crippen LogP contribution in [-0.2, 0) is 0 Å². The molecule has 0 aliphatic rings. The molecule has 2 aromatic rings. The van der Waals surface area contributed by atoms with Crippen molar-refractivity contribution in [2.24, 2.45) is 10.9 Å². The molecule has 0 saturated heterocycles. The number of nitrogens with two attached hydrogens (primary N) is 1. The monoisotopic (exact) mass is 288 g/mol. The van der Waals surface area contributed by atoms with Crippen LogP contribution in [0.15, 0.2) is 41.7 Å². The predicted octanol–water partition coefficient (Wildman–Crippen LogP) is 2.19. The Morgan fingerprint density at radius 2 is 2.19 bits per heavy atom. The zero-order valence-electron chi connectivity index (χ0n) is 11.1. The van der Waals surface area contributed by atoms with Gasteiger partial charge in [0.05, 0.1) is 10.5 Å². The summed E-state index contributed by atoms with van der Waals surface area (Å²) in [7, 11) is 0. The molecule has 0 bridgehead atoms. The molecule has 1 aromatic carbocycles. The minimum absolute atomic E-state index is 0.0187. The van der Waals surface area contributed by atoms with Crippen LogP contribution in [0.2, 0.25) is 0 Å². The van der Waals surface area contributed by atoms with E-state index in [0.717, 1.165) is 0 Å². The van der Waals surface area contributed by atoms with Crippen LogP contribution < -0.4 is 10.5 Å². The number of para-hydroxylation sites is 1. The number of ether oxygens (including phenoxy) is 1. The number of nitrogens with zero attached hydrogens (tertiary/aromatic N) is 3. The minimum Gasteiger partial charge on any atom is -0.431 e. The first-order valence-corrected chi connectivity index (χ1v) is 5.89. The average Bonchev–Trinajstić information content (AvgIpc) is 2.48. The molecule has 0 spiro atoms. The summed E-state index contributed by atoms with van der Waals surface area (Å²) in [4.78, 5) is 14.5. The molecule has 108 valence electrons. The lowest BCUT2D eigenvalue weighted by molar-refractivity contribution is -0.385. The normalized spacial score (nSPS) is 11.2. The Morgan fingerprint density at radius 3 is 2.86 bits per heavy atom. The number of oxime groups is 1. The molecule has 0 atom stereocenters. The molecule has 0 unspecified atom stereocenters. The second-order valence-electron chi connectivity index (χ2n) is 4.12. The van der Waals surface area contributed by atoms with Crippen molar-refractivity contribution in [3.05, 3.63) is 57.8 Å². The smallest absolute Gasteiger partial charge is 0.311 e. The summed E-state index contributed by atoms with van der Waals surface area (Å²) in [5, 5.41) is 22.7. The molecule has 8 nitrogen and oxygen atoms in total. The number of amidine groups is 1. The number of nitro groups is 1. The molecule has 21 heavy (non-hydrogen) atoms. The number of aryl methyl sites for hydroxylation is 1. The first kappa shape index (κ1) is 14.3. The van der Waals surface area contributed by atoms with Gasteiger partial charge in [-0.25, -0.2) is 4.98 Å². The van der Waals surface area contributed by atoms with Crippen molar-refractivity contribution < 1.29 is 14.9 Å². The van der Waals surface area contributed by atoms with Crippen molar-refractivity contribution in [1.29, 1.82) is 0 Å². The number of benzene rings is 1. The van der Waals surface area contributed by atoms with E-state index in [4.69, 9.17) is 15.7 Å². The fourth-order valence-corrected chi connectivity index (χ4v) is 1.73. The van der Waals surface area contributed by atoms with Crippen LogP contribution in [0.1, 0.15) is 11.1 Å². The molecule has 0 aliphatic heterocycles. The van der Waals surface area contributed by atoms with Crippen molar-refractivity contribution in [2.45, 2.75) is 6.92 Å². The molecule has 0 amide bonds. The van der Waals surface area contributed by atoms with Gasteiger partial charge in [-0.05, 0) is 24.6 Å². The largest absolute Gasteiger partial charge is 0.431 e. The minimum atomic E-state index is -0.547. The van der Waals surface area contributed by atoms with Gasteiger partial charge in [0.1, 0.15) is 0 Å². The molecule has 2 rings (SSSR count). The van der Waals surface area contributed by atoms with Crippen molar-refractivity contribution in [3.63, 3.8) is 0 Å². The molecule has 0 radical (unpaired) electrons. The van der Waals surface area contributed by atoms with Crippen LogP contribution in [-0.4, -0.2) is 21.0 Å². The highest BCUT2D eigenvalue weighted by molar-refractivity contribution is 5.99. The Bertz CT molecular complexity index is 715. The highest BCUT2D eigenvalue weighted by Crippen LogP contribution is 2.34. The standard InChI is InChI=1S/C13H12N4O4/c1-8-4-2-6-10(17(19)20)11(8)21-13-9(12(14)16-18)5-3-7-15-13/h2-7,18H,1H3,(H2,14,16). The summed E-state index contributed by atoms with van der Waals surface area (Å²) in [6.07, 6.45) is 1.44. The van der Waals surface area contributed by atoms with Crippen LogP contribution in [0, 0.1) is 17.0 Å². The van der Waals surface area contributed by atoms with E-state index in [-0.39, 0.29) is 28.7 Å². The number of pyridine rings is 1. The van der Waals surface area contributed by atoms with E-state index in [0.29, 0.717) is 5.56 Å². The summed E-state index contributed by atoms with van der Waals surface area (Å²) < 4.78 is 5.53. The van der Waals surface area contributed by atoms with Gasteiger partial charge in [0, 0.05) is 12.3 Å². The highest BCUT2D eigenvalue weighted by atomic mass is 16.6. The maximum absolute atomic E-state index is 11.1. The van der Waals surface area contributed by atoms with Gasteiger partial charge in [-0.3, -0.25) is 10.1 Å². The van der Waals surface area contributed by atoms with Gasteiger partial charge in [0.2, 0.25) is 11.6 Å². The van der Waals surface area contributed by atoms with E-state index < -0.39 is 4.92 Å². The van der Waals surface area contributed by atoms with Crippen LogP contribution in [0.25, 0.3) is 0 Å². The highest BCUT2D eigenvalue weighted by Gasteiger charge is 2.20. The quantitative estimate of drug-likeness (QED) is 0.292. The third-order valence-electron chi connectivity index (χ3n) is 2.74. The summed E-state index contributed by atoms with van der Waals surface area (Å²) in [5.74, 6) is -0.118. The molecule has 1 aromatic heterocycles. The SMILES string of the molecule is Cc1cccc([N+](=O)[O-])c1Oc1ncccc1/C(N)=N/O. The fourth-order valence-electron chi connectivity index (χ4n) is 1.73. The third kappa shape index (κ3) is 2.89. The first-order valence-electron chi connectivity index (χ1n) is 5.89. The van der Waals surface area contributed by atoms with E-state index in [2.05, 4.69) is 10.1 Å². The van der Waals surface area contributed by atoms with E-state index in [1.165, 1.54) is 18.3 Å². The van der Waals surface area contributed by atoms with Gasteiger partial charge in [0.25, 0.3) is 0 Å². The Labute approximate surface area is 119 Å². The summed E-state index contributed by atoms with van der Waals surface area (Å²) >= 11 is 0. The van der Waals surface area contributed by atoms with E-state index >= 15 is 0 Å². The van der Waals surface area contributed by atoms with E-state index in [9.17, 15) is 10.1 Å². The second kappa shape index (κ2) is 5.87. The van der Waals surface area contributed by atoms with Crippen LogP contribution in [0.4, 0.5) is 5.69 Å². The lowest BCUT2D eigenvalue weighted by atomic mass is 10.2. The molecule has 0 aliphatic carbocycles. The van der Waals surface area contributed by atoms with E-state index in [1.54, 1.807) is 25.1 Å². The van der Waals surface area contributed by atoms with Crippen LogP contribution in [0.3, 0.4) is 0 Å². The van der Waals surface area contributed by atoms with Crippen molar-refractivity contribution in [2.75, 3.05) is 0 Å². The number of hydrogen-bond donors (Lipinski definition) is 2. The maximum atomic E-state index is 11.1. The Hall–Kier alpha value is -3.16.